The second-order valence-corrected chi connectivity index (χ2v) is 4.73. The number of amides is 2. The smallest absolute Gasteiger partial charge is 0.243 e. The van der Waals surface area contributed by atoms with Gasteiger partial charge in [-0.25, -0.2) is 0 Å². The number of nitrogens with one attached hydrogen (secondary N) is 1. The molecule has 2 amide bonds. The van der Waals surface area contributed by atoms with E-state index >= 15 is 0 Å². The van der Waals surface area contributed by atoms with Crippen molar-refractivity contribution in [3.8, 4) is 0 Å². The van der Waals surface area contributed by atoms with Gasteiger partial charge in [-0.3, -0.25) is 24.5 Å². The van der Waals surface area contributed by atoms with Gasteiger partial charge in [0.2, 0.25) is 11.8 Å². The Morgan fingerprint density at radius 3 is 2.42 bits per heavy atom. The number of carbonyl (C=O) groups is 2. The van der Waals surface area contributed by atoms with Crippen LogP contribution < -0.4 is 5.32 Å². The van der Waals surface area contributed by atoms with E-state index in [0.29, 0.717) is 11.6 Å². The van der Waals surface area contributed by atoms with Crippen molar-refractivity contribution in [1.82, 2.24) is 20.0 Å². The molecule has 1 saturated heterocycles. The fourth-order valence-corrected chi connectivity index (χ4v) is 2.43. The van der Waals surface area contributed by atoms with Gasteiger partial charge in [0.1, 0.15) is 0 Å². The van der Waals surface area contributed by atoms with Crippen molar-refractivity contribution < 1.29 is 9.59 Å². The average molecular weight is 285 g/mol. The first-order valence-corrected chi connectivity index (χ1v) is 6.74. The van der Waals surface area contributed by atoms with Gasteiger partial charge < -0.3 is 0 Å². The lowest BCUT2D eigenvalue weighted by Gasteiger charge is -2.25. The number of piperazine rings is 1. The Balaban J connectivity index is 2.29. The minimum Gasteiger partial charge on any atom is -0.300 e. The molecule has 1 aliphatic heterocycles. The van der Waals surface area contributed by atoms with Crippen LogP contribution in [0.25, 0.3) is 0 Å². The Hall–Kier alpha value is -1.40. The highest BCUT2D eigenvalue weighted by molar-refractivity contribution is 6.32. The minimum atomic E-state index is -0.228. The van der Waals surface area contributed by atoms with Gasteiger partial charge in [0, 0.05) is 6.54 Å². The summed E-state index contributed by atoms with van der Waals surface area (Å²) in [6.45, 7) is 5.14. The third-order valence-corrected chi connectivity index (χ3v) is 3.59. The molecular weight excluding hydrogens is 268 g/mol. The summed E-state index contributed by atoms with van der Waals surface area (Å²) in [4.78, 5) is 24.8. The second kappa shape index (κ2) is 5.71. The summed E-state index contributed by atoms with van der Waals surface area (Å²) in [5.74, 6) is -0.455. The van der Waals surface area contributed by atoms with Gasteiger partial charge >= 0.3 is 0 Å². The Bertz CT molecular complexity index is 496. The van der Waals surface area contributed by atoms with Crippen LogP contribution in [0.1, 0.15) is 25.2 Å². The molecule has 0 unspecified atom stereocenters. The van der Waals surface area contributed by atoms with E-state index in [1.165, 1.54) is 4.90 Å². The summed E-state index contributed by atoms with van der Waals surface area (Å²) in [5.41, 5.74) is 1.53. The van der Waals surface area contributed by atoms with Crippen LogP contribution in [0.4, 0.5) is 0 Å². The molecule has 2 heterocycles. The van der Waals surface area contributed by atoms with Crippen LogP contribution in [-0.4, -0.2) is 39.6 Å². The van der Waals surface area contributed by atoms with E-state index in [0.717, 1.165) is 17.8 Å². The molecule has 1 aromatic rings. The number of hydrogen-bond acceptors (Lipinski definition) is 4. The monoisotopic (exact) mass is 284 g/mol. The zero-order chi connectivity index (χ0) is 14.0. The molecule has 0 radical (unpaired) electrons. The standard InChI is InChI=1S/C12H17ClN4O2/c1-3-8-12(13)9(17(4-2)15-8)7-16-10(18)5-14-6-11(16)19/h14H,3-7H2,1-2H3. The van der Waals surface area contributed by atoms with Gasteiger partial charge in [-0.2, -0.15) is 5.10 Å². The van der Waals surface area contributed by atoms with Crippen molar-refractivity contribution in [3.63, 3.8) is 0 Å². The zero-order valence-corrected chi connectivity index (χ0v) is 11.8. The van der Waals surface area contributed by atoms with Crippen molar-refractivity contribution in [1.29, 1.82) is 0 Å². The van der Waals surface area contributed by atoms with E-state index in [9.17, 15) is 9.59 Å². The number of rotatable bonds is 4. The van der Waals surface area contributed by atoms with Crippen LogP contribution in [-0.2, 0) is 29.1 Å². The first-order valence-electron chi connectivity index (χ1n) is 6.36. The maximum atomic E-state index is 11.8. The average Bonchev–Trinajstić information content (AvgIpc) is 2.70. The van der Waals surface area contributed by atoms with E-state index < -0.39 is 0 Å². The second-order valence-electron chi connectivity index (χ2n) is 4.35. The fraction of sp³-hybridized carbons (Fsp3) is 0.583. The SMILES string of the molecule is CCc1nn(CC)c(CN2C(=O)CNCC2=O)c1Cl. The van der Waals surface area contributed by atoms with Crippen molar-refractivity contribution in [3.05, 3.63) is 16.4 Å². The van der Waals surface area contributed by atoms with Gasteiger partial charge in [-0.05, 0) is 13.3 Å². The van der Waals surface area contributed by atoms with Gasteiger partial charge in [0.15, 0.2) is 0 Å². The largest absolute Gasteiger partial charge is 0.300 e. The Kier molecular flexibility index (Phi) is 4.21. The Labute approximate surface area is 116 Å². The number of halogens is 1. The summed E-state index contributed by atoms with van der Waals surface area (Å²) in [6.07, 6.45) is 0.724. The molecule has 0 saturated carbocycles. The third kappa shape index (κ3) is 2.64. The summed E-state index contributed by atoms with van der Waals surface area (Å²) >= 11 is 6.27. The van der Waals surface area contributed by atoms with Crippen LogP contribution in [0.3, 0.4) is 0 Å². The molecule has 0 spiro atoms. The molecule has 19 heavy (non-hydrogen) atoms. The highest BCUT2D eigenvalue weighted by Crippen LogP contribution is 2.23. The van der Waals surface area contributed by atoms with Gasteiger partial charge in [0.05, 0.1) is 36.0 Å². The van der Waals surface area contributed by atoms with Crippen molar-refractivity contribution >= 4 is 23.4 Å². The number of aryl methyl sites for hydroxylation is 2. The Morgan fingerprint density at radius 1 is 1.26 bits per heavy atom. The predicted octanol–water partition coefficient (Wildman–Crippen LogP) is 0.577. The van der Waals surface area contributed by atoms with E-state index in [4.69, 9.17) is 11.6 Å². The van der Waals surface area contributed by atoms with E-state index in [1.807, 2.05) is 13.8 Å². The van der Waals surface area contributed by atoms with Gasteiger partial charge in [-0.15, -0.1) is 0 Å². The van der Waals surface area contributed by atoms with Crippen LogP contribution in [0.5, 0.6) is 0 Å². The van der Waals surface area contributed by atoms with E-state index in [-0.39, 0.29) is 31.4 Å². The molecule has 0 aliphatic carbocycles. The summed E-state index contributed by atoms with van der Waals surface area (Å²) in [5, 5.41) is 7.70. The van der Waals surface area contributed by atoms with Crippen molar-refractivity contribution in [2.24, 2.45) is 0 Å². The van der Waals surface area contributed by atoms with E-state index in [1.54, 1.807) is 4.68 Å². The third-order valence-electron chi connectivity index (χ3n) is 3.16. The van der Waals surface area contributed by atoms with Gasteiger partial charge in [0.25, 0.3) is 0 Å². The molecule has 1 aromatic heterocycles. The lowest BCUT2D eigenvalue weighted by atomic mass is 10.2. The zero-order valence-electron chi connectivity index (χ0n) is 11.1. The van der Waals surface area contributed by atoms with Crippen LogP contribution in [0.2, 0.25) is 5.02 Å². The van der Waals surface area contributed by atoms with Crippen molar-refractivity contribution in [2.45, 2.75) is 33.4 Å². The molecule has 6 nitrogen and oxygen atoms in total. The summed E-state index contributed by atoms with van der Waals surface area (Å²) in [6, 6.07) is 0. The number of nitrogens with zero attached hydrogens (tertiary/aromatic N) is 3. The molecule has 7 heteroatoms. The van der Waals surface area contributed by atoms with Gasteiger partial charge in [-0.1, -0.05) is 18.5 Å². The lowest BCUT2D eigenvalue weighted by molar-refractivity contribution is -0.147. The molecule has 0 aromatic carbocycles. The number of imide groups is 1. The number of aromatic nitrogens is 2. The van der Waals surface area contributed by atoms with Crippen LogP contribution >= 0.6 is 11.6 Å². The highest BCUT2D eigenvalue weighted by atomic mass is 35.5. The summed E-state index contributed by atoms with van der Waals surface area (Å²) < 4.78 is 1.75. The van der Waals surface area contributed by atoms with Crippen LogP contribution in [0, 0.1) is 0 Å². The minimum absolute atomic E-state index is 0.185. The molecule has 1 N–H and O–H groups in total. The van der Waals surface area contributed by atoms with Crippen molar-refractivity contribution in [2.75, 3.05) is 13.1 Å². The maximum Gasteiger partial charge on any atom is 0.243 e. The molecule has 2 rings (SSSR count). The van der Waals surface area contributed by atoms with E-state index in [2.05, 4.69) is 10.4 Å². The predicted molar refractivity (Wildman–Crippen MR) is 70.7 cm³/mol. The normalized spacial score (nSPS) is 16.3. The molecular formula is C12H17ClN4O2. The molecule has 104 valence electrons. The number of carbonyl (C=O) groups excluding carboxylic acids is 2. The topological polar surface area (TPSA) is 67.2 Å². The molecule has 1 fully saturated rings. The first kappa shape index (κ1) is 14.0. The summed E-state index contributed by atoms with van der Waals surface area (Å²) in [7, 11) is 0. The lowest BCUT2D eigenvalue weighted by Crippen LogP contribution is -2.51. The first-order chi connectivity index (χ1) is 9.08. The number of hydrogen-bond donors (Lipinski definition) is 1. The molecule has 1 aliphatic rings. The quantitative estimate of drug-likeness (QED) is 0.821. The molecule has 0 atom stereocenters. The van der Waals surface area contributed by atoms with Crippen LogP contribution in [0.15, 0.2) is 0 Å². The maximum absolute atomic E-state index is 11.8. The highest BCUT2D eigenvalue weighted by Gasteiger charge is 2.28. The Morgan fingerprint density at radius 2 is 1.89 bits per heavy atom. The fourth-order valence-electron chi connectivity index (χ4n) is 2.10. The molecule has 0 bridgehead atoms.